The Labute approximate surface area is 128 Å². The fourth-order valence-corrected chi connectivity index (χ4v) is 2.47. The lowest BCUT2D eigenvalue weighted by Gasteiger charge is -2.21. The van der Waals surface area contributed by atoms with Crippen LogP contribution in [0.3, 0.4) is 0 Å². The number of halogens is 1. The second kappa shape index (κ2) is 6.77. The van der Waals surface area contributed by atoms with Gasteiger partial charge in [0.15, 0.2) is 11.5 Å². The fourth-order valence-electron chi connectivity index (χ4n) is 2.47. The summed E-state index contributed by atoms with van der Waals surface area (Å²) in [6.07, 6.45) is -0.891. The predicted octanol–water partition coefficient (Wildman–Crippen LogP) is 2.42. The van der Waals surface area contributed by atoms with E-state index in [1.54, 1.807) is 18.2 Å². The highest BCUT2D eigenvalue weighted by atomic mass is 19.1. The summed E-state index contributed by atoms with van der Waals surface area (Å²) < 4.78 is 24.7. The molecule has 4 nitrogen and oxygen atoms in total. The number of rotatable bonds is 5. The maximum Gasteiger partial charge on any atom is 0.165 e. The zero-order valence-electron chi connectivity index (χ0n) is 12.1. The standard InChI is InChI=1S/C17H18FNO3/c18-14-6-2-1-5-13(14)15(20)11-19-10-12-4-3-7-16-17(12)22-9-8-21-16/h1-7,15,19-20H,8-11H2/t15-/m1/s1. The molecule has 22 heavy (non-hydrogen) atoms. The summed E-state index contributed by atoms with van der Waals surface area (Å²) in [6, 6.07) is 12.0. The smallest absolute Gasteiger partial charge is 0.165 e. The first-order chi connectivity index (χ1) is 10.8. The third kappa shape index (κ3) is 3.21. The molecule has 116 valence electrons. The molecule has 0 saturated heterocycles. The molecule has 1 aliphatic rings. The van der Waals surface area contributed by atoms with Gasteiger partial charge in [-0.05, 0) is 12.1 Å². The second-order valence-electron chi connectivity index (χ2n) is 5.11. The predicted molar refractivity (Wildman–Crippen MR) is 80.5 cm³/mol. The van der Waals surface area contributed by atoms with Crippen molar-refractivity contribution in [1.29, 1.82) is 0 Å². The van der Waals surface area contributed by atoms with Crippen LogP contribution in [0.5, 0.6) is 11.5 Å². The first-order valence-corrected chi connectivity index (χ1v) is 7.26. The van der Waals surface area contributed by atoms with Gasteiger partial charge in [-0.15, -0.1) is 0 Å². The van der Waals surface area contributed by atoms with Crippen LogP contribution in [0.4, 0.5) is 4.39 Å². The number of fused-ring (bicyclic) bond motifs is 1. The molecule has 0 amide bonds. The molecule has 0 unspecified atom stereocenters. The van der Waals surface area contributed by atoms with Crippen molar-refractivity contribution >= 4 is 0 Å². The van der Waals surface area contributed by atoms with Crippen LogP contribution < -0.4 is 14.8 Å². The highest BCUT2D eigenvalue weighted by Gasteiger charge is 2.16. The number of aliphatic hydroxyl groups excluding tert-OH is 1. The highest BCUT2D eigenvalue weighted by molar-refractivity contribution is 5.47. The number of ether oxygens (including phenoxy) is 2. The zero-order chi connectivity index (χ0) is 15.4. The average Bonchev–Trinajstić information content (AvgIpc) is 2.55. The SMILES string of the molecule is O[C@H](CNCc1cccc2c1OCCO2)c1ccccc1F. The molecule has 1 atom stereocenters. The normalized spacial score (nSPS) is 14.6. The van der Waals surface area contributed by atoms with Crippen LogP contribution in [0.2, 0.25) is 0 Å². The molecule has 2 aromatic carbocycles. The van der Waals surface area contributed by atoms with Crippen LogP contribution in [0.15, 0.2) is 42.5 Å². The molecule has 0 spiro atoms. The summed E-state index contributed by atoms with van der Waals surface area (Å²) in [7, 11) is 0. The molecule has 0 aromatic heterocycles. The van der Waals surface area contributed by atoms with Gasteiger partial charge in [0.25, 0.3) is 0 Å². The summed E-state index contributed by atoms with van der Waals surface area (Å²) in [5, 5.41) is 13.2. The number of aliphatic hydroxyl groups is 1. The minimum absolute atomic E-state index is 0.255. The van der Waals surface area contributed by atoms with Crippen LogP contribution in [-0.4, -0.2) is 24.9 Å². The van der Waals surface area contributed by atoms with Gasteiger partial charge in [0.1, 0.15) is 19.0 Å². The summed E-state index contributed by atoms with van der Waals surface area (Å²) in [5.41, 5.74) is 1.25. The van der Waals surface area contributed by atoms with Gasteiger partial charge in [0.05, 0.1) is 6.10 Å². The molecule has 0 aliphatic carbocycles. The van der Waals surface area contributed by atoms with E-state index in [1.807, 2.05) is 18.2 Å². The van der Waals surface area contributed by atoms with Gasteiger partial charge in [-0.2, -0.15) is 0 Å². The van der Waals surface area contributed by atoms with Crippen molar-refractivity contribution in [2.24, 2.45) is 0 Å². The van der Waals surface area contributed by atoms with Gasteiger partial charge in [0.2, 0.25) is 0 Å². The van der Waals surface area contributed by atoms with E-state index in [1.165, 1.54) is 6.07 Å². The van der Waals surface area contributed by atoms with Crippen molar-refractivity contribution in [2.45, 2.75) is 12.6 Å². The number of para-hydroxylation sites is 1. The quantitative estimate of drug-likeness (QED) is 0.890. The van der Waals surface area contributed by atoms with Gasteiger partial charge < -0.3 is 19.9 Å². The Hall–Kier alpha value is -2.11. The number of hydrogen-bond acceptors (Lipinski definition) is 4. The molecular weight excluding hydrogens is 285 g/mol. The highest BCUT2D eigenvalue weighted by Crippen LogP contribution is 2.33. The minimum Gasteiger partial charge on any atom is -0.486 e. The molecule has 0 bridgehead atoms. The average molecular weight is 303 g/mol. The third-order valence-electron chi connectivity index (χ3n) is 3.57. The Morgan fingerprint density at radius 2 is 1.91 bits per heavy atom. The van der Waals surface area contributed by atoms with Crippen LogP contribution in [0, 0.1) is 5.82 Å². The minimum atomic E-state index is -0.891. The van der Waals surface area contributed by atoms with Crippen molar-refractivity contribution in [3.63, 3.8) is 0 Å². The number of nitrogens with one attached hydrogen (secondary N) is 1. The first-order valence-electron chi connectivity index (χ1n) is 7.26. The molecule has 3 rings (SSSR count). The van der Waals surface area contributed by atoms with Crippen molar-refractivity contribution in [1.82, 2.24) is 5.32 Å². The zero-order valence-corrected chi connectivity index (χ0v) is 12.1. The Morgan fingerprint density at radius 1 is 1.09 bits per heavy atom. The number of hydrogen-bond donors (Lipinski definition) is 2. The lowest BCUT2D eigenvalue weighted by atomic mass is 10.1. The fraction of sp³-hybridized carbons (Fsp3) is 0.294. The van der Waals surface area contributed by atoms with Crippen LogP contribution in [-0.2, 0) is 6.54 Å². The first kappa shape index (κ1) is 14.8. The molecule has 2 aromatic rings. The summed E-state index contributed by atoms with van der Waals surface area (Å²) >= 11 is 0. The molecule has 2 N–H and O–H groups in total. The van der Waals surface area contributed by atoms with Gasteiger partial charge >= 0.3 is 0 Å². The van der Waals surface area contributed by atoms with E-state index in [9.17, 15) is 9.50 Å². The Bertz CT molecular complexity index is 648. The Kier molecular flexibility index (Phi) is 4.56. The molecule has 1 heterocycles. The van der Waals surface area contributed by atoms with Crippen molar-refractivity contribution in [3.05, 3.63) is 59.4 Å². The summed E-state index contributed by atoms with van der Waals surface area (Å²) in [4.78, 5) is 0. The lowest BCUT2D eigenvalue weighted by molar-refractivity contribution is 0.165. The monoisotopic (exact) mass is 303 g/mol. The summed E-state index contributed by atoms with van der Waals surface area (Å²) in [5.74, 6) is 1.08. The largest absolute Gasteiger partial charge is 0.486 e. The van der Waals surface area contributed by atoms with Crippen molar-refractivity contribution in [2.75, 3.05) is 19.8 Å². The van der Waals surface area contributed by atoms with Gasteiger partial charge in [0, 0.05) is 24.2 Å². The Morgan fingerprint density at radius 3 is 2.77 bits per heavy atom. The second-order valence-corrected chi connectivity index (χ2v) is 5.11. The number of benzene rings is 2. The summed E-state index contributed by atoms with van der Waals surface area (Å²) in [6.45, 7) is 1.85. The van der Waals surface area contributed by atoms with E-state index in [2.05, 4.69) is 5.32 Å². The maximum absolute atomic E-state index is 13.6. The van der Waals surface area contributed by atoms with Gasteiger partial charge in [-0.25, -0.2) is 4.39 Å². The molecular formula is C17H18FNO3. The molecule has 0 fully saturated rings. The van der Waals surface area contributed by atoms with E-state index in [0.29, 0.717) is 25.3 Å². The molecule has 0 radical (unpaired) electrons. The van der Waals surface area contributed by atoms with Crippen molar-refractivity contribution < 1.29 is 19.0 Å². The van der Waals surface area contributed by atoms with Crippen LogP contribution in [0.1, 0.15) is 17.2 Å². The molecule has 1 aliphatic heterocycles. The van der Waals surface area contributed by atoms with E-state index < -0.39 is 11.9 Å². The van der Waals surface area contributed by atoms with E-state index in [0.717, 1.165) is 17.1 Å². The molecule has 5 heteroatoms. The van der Waals surface area contributed by atoms with Crippen LogP contribution in [0.25, 0.3) is 0 Å². The van der Waals surface area contributed by atoms with Crippen molar-refractivity contribution in [3.8, 4) is 11.5 Å². The van der Waals surface area contributed by atoms with E-state index in [4.69, 9.17) is 9.47 Å². The lowest BCUT2D eigenvalue weighted by Crippen LogP contribution is -2.23. The molecule has 0 saturated carbocycles. The van der Waals surface area contributed by atoms with Gasteiger partial charge in [-0.1, -0.05) is 30.3 Å². The Balaban J connectivity index is 1.61. The van der Waals surface area contributed by atoms with Crippen LogP contribution >= 0.6 is 0 Å². The topological polar surface area (TPSA) is 50.7 Å². The third-order valence-corrected chi connectivity index (χ3v) is 3.57. The van der Waals surface area contributed by atoms with E-state index >= 15 is 0 Å². The van der Waals surface area contributed by atoms with E-state index in [-0.39, 0.29) is 6.54 Å². The van der Waals surface area contributed by atoms with Gasteiger partial charge in [-0.3, -0.25) is 0 Å². The maximum atomic E-state index is 13.6.